The molecule has 3 aromatic carbocycles. The molecule has 0 saturated carbocycles. The Labute approximate surface area is 263 Å². The molecule has 11 heteroatoms. The van der Waals surface area contributed by atoms with Gasteiger partial charge in [0, 0.05) is 12.0 Å². The fourth-order valence-electron chi connectivity index (χ4n) is 5.06. The molecule has 0 heterocycles. The Morgan fingerprint density at radius 2 is 1.00 bits per heavy atom. The second-order valence-corrected chi connectivity index (χ2v) is 10.2. The molecular weight excluding hydrogens is 584 g/mol. The van der Waals surface area contributed by atoms with Crippen molar-refractivity contribution in [2.75, 3.05) is 42.7 Å². The monoisotopic (exact) mass is 624 g/mol. The van der Waals surface area contributed by atoms with Crippen molar-refractivity contribution in [1.82, 2.24) is 0 Å². The molecule has 0 saturated heterocycles. The third-order valence-corrected chi connectivity index (χ3v) is 7.44. The van der Waals surface area contributed by atoms with Gasteiger partial charge in [0.05, 0.1) is 68.6 Å². The first kappa shape index (κ1) is 33.4. The maximum atomic E-state index is 12.2. The topological polar surface area (TPSA) is 120 Å². The first-order valence-electron chi connectivity index (χ1n) is 14.3. The maximum absolute atomic E-state index is 12.2. The van der Waals surface area contributed by atoms with Crippen LogP contribution in [0.5, 0.6) is 34.5 Å². The van der Waals surface area contributed by atoms with Gasteiger partial charge in [0.2, 0.25) is 0 Å². The molecule has 0 unspecified atom stereocenters. The lowest BCUT2D eigenvalue weighted by Gasteiger charge is -2.36. The van der Waals surface area contributed by atoms with Crippen molar-refractivity contribution in [2.24, 2.45) is 0 Å². The van der Waals surface area contributed by atoms with Crippen molar-refractivity contribution in [3.8, 4) is 34.5 Å². The van der Waals surface area contributed by atoms with Crippen molar-refractivity contribution in [2.45, 2.75) is 44.6 Å². The number of aliphatic carboxylic acids is 1. The average Bonchev–Trinajstić information content (AvgIpc) is 3.08. The largest absolute Gasteiger partial charge is 0.493 e. The Bertz CT molecular complexity index is 1470. The van der Waals surface area contributed by atoms with Gasteiger partial charge in [0.15, 0.2) is 34.5 Å². The van der Waals surface area contributed by atoms with Crippen molar-refractivity contribution in [3.05, 3.63) is 82.9 Å². The summed E-state index contributed by atoms with van der Waals surface area (Å²) >= 11 is 0. The van der Waals surface area contributed by atoms with Crippen molar-refractivity contribution in [3.63, 3.8) is 0 Å². The molecule has 0 amide bonds. The lowest BCUT2D eigenvalue weighted by molar-refractivity contribution is -0.149. The van der Waals surface area contributed by atoms with Gasteiger partial charge < -0.3 is 47.7 Å². The van der Waals surface area contributed by atoms with Gasteiger partial charge in [-0.3, -0.25) is 0 Å². The van der Waals surface area contributed by atoms with E-state index in [0.717, 1.165) is 16.7 Å². The van der Waals surface area contributed by atoms with Gasteiger partial charge in [-0.1, -0.05) is 18.2 Å². The fraction of sp³-hybridized carbons (Fsp3) is 0.382. The average molecular weight is 625 g/mol. The highest BCUT2D eigenvalue weighted by molar-refractivity contribution is 5.87. The molecule has 1 aliphatic carbocycles. The first-order valence-corrected chi connectivity index (χ1v) is 14.3. The number of rotatable bonds is 16. The molecule has 0 fully saturated rings. The second-order valence-electron chi connectivity index (χ2n) is 10.2. The van der Waals surface area contributed by atoms with E-state index in [9.17, 15) is 9.90 Å². The fourth-order valence-corrected chi connectivity index (χ4v) is 5.06. The van der Waals surface area contributed by atoms with Crippen LogP contribution >= 0.6 is 0 Å². The molecule has 3 atom stereocenters. The second kappa shape index (κ2) is 16.0. The predicted molar refractivity (Wildman–Crippen MR) is 165 cm³/mol. The van der Waals surface area contributed by atoms with Crippen molar-refractivity contribution < 1.29 is 52.5 Å². The minimum absolute atomic E-state index is 0.120. The summed E-state index contributed by atoms with van der Waals surface area (Å²) < 4.78 is 51.5. The van der Waals surface area contributed by atoms with Gasteiger partial charge in [0.1, 0.15) is 12.2 Å². The van der Waals surface area contributed by atoms with Gasteiger partial charge in [0.25, 0.3) is 0 Å². The summed E-state index contributed by atoms with van der Waals surface area (Å²) in [5.74, 6) is 2.42. The number of ether oxygens (including phenoxy) is 9. The molecule has 0 spiro atoms. The number of carboxylic acids is 1. The molecule has 0 aromatic heterocycles. The summed E-state index contributed by atoms with van der Waals surface area (Å²) in [4.78, 5) is 12.2. The molecule has 1 aliphatic rings. The normalized spacial score (nSPS) is 17.6. The van der Waals surface area contributed by atoms with E-state index >= 15 is 0 Å². The van der Waals surface area contributed by atoms with Crippen LogP contribution in [-0.4, -0.2) is 72.0 Å². The summed E-state index contributed by atoms with van der Waals surface area (Å²) in [7, 11) is 9.39. The minimum Gasteiger partial charge on any atom is -0.493 e. The highest BCUT2D eigenvalue weighted by Gasteiger charge is 2.38. The molecule has 0 aliphatic heterocycles. The van der Waals surface area contributed by atoms with Gasteiger partial charge in [-0.25, -0.2) is 4.79 Å². The van der Waals surface area contributed by atoms with Crippen LogP contribution in [0.1, 0.15) is 23.1 Å². The highest BCUT2D eigenvalue weighted by atomic mass is 16.6. The number of hydrogen-bond acceptors (Lipinski definition) is 10. The van der Waals surface area contributed by atoms with Crippen LogP contribution in [0, 0.1) is 0 Å². The third-order valence-electron chi connectivity index (χ3n) is 7.44. The Hall–Kier alpha value is -4.45. The van der Waals surface area contributed by atoms with Gasteiger partial charge in [-0.05, 0) is 59.2 Å². The summed E-state index contributed by atoms with van der Waals surface area (Å²) in [6, 6.07) is 16.4. The zero-order valence-corrected chi connectivity index (χ0v) is 26.4. The SMILES string of the molecule is COc1ccc(CO[C@@H]2[C@H](OCc3ccc(OC)c(OC)c3)C=C(C(=O)O)C[C@H]2OCc2ccc(OC)c(OC)c2)cc1OC. The summed E-state index contributed by atoms with van der Waals surface area (Å²) in [5.41, 5.74) is 2.64. The summed E-state index contributed by atoms with van der Waals surface area (Å²) in [5, 5.41) is 9.99. The zero-order valence-electron chi connectivity index (χ0n) is 26.4. The molecule has 1 N–H and O–H groups in total. The van der Waals surface area contributed by atoms with Crippen LogP contribution in [0.4, 0.5) is 0 Å². The maximum Gasteiger partial charge on any atom is 0.331 e. The number of carbonyl (C=O) groups is 1. The number of hydrogen-bond donors (Lipinski definition) is 1. The van der Waals surface area contributed by atoms with Gasteiger partial charge >= 0.3 is 5.97 Å². The van der Waals surface area contributed by atoms with Crippen LogP contribution in [0.3, 0.4) is 0 Å². The number of methoxy groups -OCH3 is 6. The summed E-state index contributed by atoms with van der Waals surface area (Å²) in [6.45, 7) is 0.525. The number of benzene rings is 3. The van der Waals surface area contributed by atoms with E-state index in [0.29, 0.717) is 34.5 Å². The van der Waals surface area contributed by atoms with E-state index in [1.165, 1.54) is 0 Å². The Morgan fingerprint density at radius 3 is 1.40 bits per heavy atom. The standard InChI is InChI=1S/C34H40O11/c1-37-25-10-7-21(13-28(25)40-4)18-43-31-16-24(34(35)36)17-32(44-19-22-8-11-26(38-2)29(14-22)41-5)33(31)45-20-23-9-12-27(39-3)30(15-23)42-6/h7-16,31-33H,17-20H2,1-6H3,(H,35,36)/t31-,32-,33-/m1/s1. The lowest BCUT2D eigenvalue weighted by atomic mass is 9.91. The Balaban J connectivity index is 1.61. The van der Waals surface area contributed by atoms with E-state index < -0.39 is 24.3 Å². The Kier molecular flexibility index (Phi) is 11.9. The van der Waals surface area contributed by atoms with E-state index in [1.807, 2.05) is 36.4 Å². The van der Waals surface area contributed by atoms with Crippen LogP contribution in [0.2, 0.25) is 0 Å². The highest BCUT2D eigenvalue weighted by Crippen LogP contribution is 2.33. The van der Waals surface area contributed by atoms with E-state index in [2.05, 4.69) is 0 Å². The van der Waals surface area contributed by atoms with Crippen molar-refractivity contribution >= 4 is 5.97 Å². The molecule has 45 heavy (non-hydrogen) atoms. The van der Waals surface area contributed by atoms with Crippen molar-refractivity contribution in [1.29, 1.82) is 0 Å². The van der Waals surface area contributed by atoms with Crippen LogP contribution in [0.25, 0.3) is 0 Å². The molecule has 4 rings (SSSR count). The zero-order chi connectivity index (χ0) is 32.3. The number of carboxylic acid groups (broad SMARTS) is 1. The quantitative estimate of drug-likeness (QED) is 0.226. The van der Waals surface area contributed by atoms with E-state index in [1.54, 1.807) is 66.9 Å². The predicted octanol–water partition coefficient (Wildman–Crippen LogP) is 5.21. The van der Waals surface area contributed by atoms with E-state index in [-0.39, 0.29) is 31.8 Å². The van der Waals surface area contributed by atoms with Crippen LogP contribution < -0.4 is 28.4 Å². The first-order chi connectivity index (χ1) is 21.8. The van der Waals surface area contributed by atoms with Gasteiger partial charge in [-0.2, -0.15) is 0 Å². The van der Waals surface area contributed by atoms with Crippen LogP contribution in [0.15, 0.2) is 66.2 Å². The smallest absolute Gasteiger partial charge is 0.331 e. The van der Waals surface area contributed by atoms with E-state index in [4.69, 9.17) is 42.6 Å². The molecule has 11 nitrogen and oxygen atoms in total. The molecule has 242 valence electrons. The lowest BCUT2D eigenvalue weighted by Crippen LogP contribution is -2.45. The van der Waals surface area contributed by atoms with Crippen LogP contribution in [-0.2, 0) is 38.8 Å². The van der Waals surface area contributed by atoms with Gasteiger partial charge in [-0.15, -0.1) is 0 Å². The Morgan fingerprint density at radius 1 is 0.600 bits per heavy atom. The molecule has 3 aromatic rings. The third kappa shape index (κ3) is 8.39. The minimum atomic E-state index is -1.05. The molecule has 0 bridgehead atoms. The summed E-state index contributed by atoms with van der Waals surface area (Å²) in [6.07, 6.45) is -0.326. The molecular formula is C34H40O11. The molecule has 0 radical (unpaired) electrons.